The summed E-state index contributed by atoms with van der Waals surface area (Å²) in [5.41, 5.74) is 1.62. The van der Waals surface area contributed by atoms with Crippen LogP contribution in [0.4, 0.5) is 0 Å². The molecule has 3 aliphatic rings. The van der Waals surface area contributed by atoms with Crippen molar-refractivity contribution in [3.05, 3.63) is 70.1 Å². The molecule has 5 rings (SSSR count). The number of carbonyl (C=O) groups is 3. The lowest BCUT2D eigenvalue weighted by Crippen LogP contribution is -2.53. The smallest absolute Gasteiger partial charge is 0.251 e. The average Bonchev–Trinajstić information content (AvgIpc) is 2.87. The zero-order valence-electron chi connectivity index (χ0n) is 19.2. The molecule has 4 heterocycles. The molecule has 2 atom stereocenters. The summed E-state index contributed by atoms with van der Waals surface area (Å²) in [6, 6.07) is 14.3. The van der Waals surface area contributed by atoms with Crippen molar-refractivity contribution in [1.29, 1.82) is 0 Å². The van der Waals surface area contributed by atoms with Gasteiger partial charge in [0.25, 0.3) is 11.5 Å². The molecule has 2 unspecified atom stereocenters. The van der Waals surface area contributed by atoms with Crippen LogP contribution in [0, 0.1) is 11.8 Å². The number of piperidine rings is 2. The van der Waals surface area contributed by atoms with Crippen LogP contribution >= 0.6 is 0 Å². The lowest BCUT2D eigenvalue weighted by Gasteiger charge is -2.44. The number of hydrogen-bond acceptors (Lipinski definition) is 4. The van der Waals surface area contributed by atoms with E-state index in [4.69, 9.17) is 0 Å². The maximum Gasteiger partial charge on any atom is 0.251 e. The third kappa shape index (κ3) is 4.49. The summed E-state index contributed by atoms with van der Waals surface area (Å²) in [5, 5.41) is 2.68. The molecule has 0 aliphatic carbocycles. The summed E-state index contributed by atoms with van der Waals surface area (Å²) in [5.74, 6) is 0.0359. The fourth-order valence-electron chi connectivity index (χ4n) is 5.70. The molecule has 2 aromatic rings. The molecule has 3 amide bonds. The van der Waals surface area contributed by atoms with Crippen LogP contribution in [0.25, 0.3) is 0 Å². The Balaban J connectivity index is 1.13. The quantitative estimate of drug-likeness (QED) is 0.745. The van der Waals surface area contributed by atoms with Gasteiger partial charge in [-0.1, -0.05) is 24.3 Å². The maximum atomic E-state index is 13.3. The molecule has 0 saturated carbocycles. The molecule has 178 valence electrons. The van der Waals surface area contributed by atoms with Crippen LogP contribution in [0.5, 0.6) is 0 Å². The highest BCUT2D eigenvalue weighted by atomic mass is 16.2. The van der Waals surface area contributed by atoms with Gasteiger partial charge in [-0.2, -0.15) is 0 Å². The van der Waals surface area contributed by atoms with E-state index in [0.29, 0.717) is 44.0 Å². The van der Waals surface area contributed by atoms with Crippen LogP contribution < -0.4 is 10.9 Å². The molecular formula is C26H30N4O4. The van der Waals surface area contributed by atoms with Crippen molar-refractivity contribution in [3.8, 4) is 0 Å². The van der Waals surface area contributed by atoms with Gasteiger partial charge in [0.2, 0.25) is 11.8 Å². The molecule has 1 aromatic heterocycles. The summed E-state index contributed by atoms with van der Waals surface area (Å²) in [6.07, 6.45) is 3.03. The molecule has 8 heteroatoms. The van der Waals surface area contributed by atoms with E-state index in [0.717, 1.165) is 25.1 Å². The Labute approximate surface area is 198 Å². The Kier molecular flexibility index (Phi) is 6.22. The number of amides is 3. The van der Waals surface area contributed by atoms with Gasteiger partial charge in [-0.3, -0.25) is 19.2 Å². The first kappa shape index (κ1) is 22.4. The number of hydrogen-bond donors (Lipinski definition) is 1. The molecule has 2 saturated heterocycles. The van der Waals surface area contributed by atoms with Gasteiger partial charge in [-0.15, -0.1) is 0 Å². The van der Waals surface area contributed by atoms with Crippen molar-refractivity contribution in [3.63, 3.8) is 0 Å². The maximum absolute atomic E-state index is 13.3. The number of likely N-dealkylation sites (tertiary alicyclic amines) is 2. The Morgan fingerprint density at radius 1 is 0.912 bits per heavy atom. The van der Waals surface area contributed by atoms with E-state index >= 15 is 0 Å². The minimum absolute atomic E-state index is 0.0152. The average molecular weight is 463 g/mol. The van der Waals surface area contributed by atoms with E-state index in [2.05, 4.69) is 5.32 Å². The molecule has 0 spiro atoms. The Morgan fingerprint density at radius 2 is 1.68 bits per heavy atom. The number of benzene rings is 1. The number of nitrogens with one attached hydrogen (secondary N) is 1. The van der Waals surface area contributed by atoms with E-state index in [9.17, 15) is 19.2 Å². The van der Waals surface area contributed by atoms with Crippen molar-refractivity contribution in [2.75, 3.05) is 32.7 Å². The first-order valence-corrected chi connectivity index (χ1v) is 12.1. The summed E-state index contributed by atoms with van der Waals surface area (Å²) in [4.78, 5) is 54.2. The number of aromatic nitrogens is 1. The van der Waals surface area contributed by atoms with Gasteiger partial charge in [0.05, 0.1) is 12.6 Å². The molecular weight excluding hydrogens is 432 g/mol. The largest absolute Gasteiger partial charge is 0.343 e. The van der Waals surface area contributed by atoms with E-state index in [1.165, 1.54) is 0 Å². The normalized spacial score (nSPS) is 22.1. The fourth-order valence-corrected chi connectivity index (χ4v) is 5.70. The Morgan fingerprint density at radius 3 is 2.44 bits per heavy atom. The molecule has 34 heavy (non-hydrogen) atoms. The first-order valence-electron chi connectivity index (χ1n) is 12.1. The second-order valence-electron chi connectivity index (χ2n) is 9.63. The number of nitrogens with zero attached hydrogens (tertiary/aromatic N) is 3. The molecule has 1 N–H and O–H groups in total. The van der Waals surface area contributed by atoms with Gasteiger partial charge in [-0.25, -0.2) is 0 Å². The zero-order valence-corrected chi connectivity index (χ0v) is 19.2. The second-order valence-corrected chi connectivity index (χ2v) is 9.63. The van der Waals surface area contributed by atoms with Crippen LogP contribution in [0.1, 0.15) is 41.4 Å². The van der Waals surface area contributed by atoms with Crippen LogP contribution in [0.3, 0.4) is 0 Å². The van der Waals surface area contributed by atoms with Gasteiger partial charge < -0.3 is 19.7 Å². The molecule has 2 bridgehead atoms. The summed E-state index contributed by atoms with van der Waals surface area (Å²) < 4.78 is 1.88. The minimum atomic E-state index is -0.268. The third-order valence-electron chi connectivity index (χ3n) is 7.40. The number of pyridine rings is 1. The lowest BCUT2D eigenvalue weighted by molar-refractivity contribution is -0.142. The predicted octanol–water partition coefficient (Wildman–Crippen LogP) is 1.46. The third-order valence-corrected chi connectivity index (χ3v) is 7.40. The summed E-state index contributed by atoms with van der Waals surface area (Å²) >= 11 is 0. The fraction of sp³-hybridized carbons (Fsp3) is 0.462. The van der Waals surface area contributed by atoms with Crippen molar-refractivity contribution in [1.82, 2.24) is 19.7 Å². The zero-order chi connectivity index (χ0) is 23.7. The van der Waals surface area contributed by atoms with E-state index in [1.54, 1.807) is 35.2 Å². The van der Waals surface area contributed by atoms with E-state index in [-0.39, 0.29) is 41.8 Å². The van der Waals surface area contributed by atoms with Gasteiger partial charge in [0, 0.05) is 49.4 Å². The molecule has 2 fully saturated rings. The van der Waals surface area contributed by atoms with Crippen molar-refractivity contribution in [2.45, 2.75) is 31.7 Å². The van der Waals surface area contributed by atoms with Crippen molar-refractivity contribution < 1.29 is 14.4 Å². The van der Waals surface area contributed by atoms with Gasteiger partial charge in [0.15, 0.2) is 0 Å². The predicted molar refractivity (Wildman–Crippen MR) is 126 cm³/mol. The highest BCUT2D eigenvalue weighted by Crippen LogP contribution is 2.34. The number of fused-ring (bicyclic) bond motifs is 4. The minimum Gasteiger partial charge on any atom is -0.343 e. The summed E-state index contributed by atoms with van der Waals surface area (Å²) in [7, 11) is 0. The van der Waals surface area contributed by atoms with Crippen LogP contribution in [-0.4, -0.2) is 64.8 Å². The second kappa shape index (κ2) is 9.44. The Hall–Kier alpha value is -3.42. The Bertz CT molecular complexity index is 1140. The first-order chi connectivity index (χ1) is 16.5. The lowest BCUT2D eigenvalue weighted by atomic mass is 9.84. The van der Waals surface area contributed by atoms with Crippen LogP contribution in [-0.2, 0) is 16.0 Å². The van der Waals surface area contributed by atoms with E-state index in [1.807, 2.05) is 27.7 Å². The van der Waals surface area contributed by atoms with Crippen molar-refractivity contribution >= 4 is 17.7 Å². The van der Waals surface area contributed by atoms with Gasteiger partial charge >= 0.3 is 0 Å². The molecule has 1 aromatic carbocycles. The van der Waals surface area contributed by atoms with Gasteiger partial charge in [0.1, 0.15) is 0 Å². The summed E-state index contributed by atoms with van der Waals surface area (Å²) in [6.45, 7) is 2.30. The standard InChI is InChI=1S/C26H30N4O4/c31-23-8-4-7-21-13-18-14-22(30(21)23)17-29(16-18)26(34)20-9-11-28(12-10-20)24(32)15-27-25(33)19-5-2-1-3-6-19/h1-8,18,20,22H,9-17H2,(H,27,33). The van der Waals surface area contributed by atoms with Gasteiger partial charge in [-0.05, 0) is 49.8 Å². The van der Waals surface area contributed by atoms with Crippen LogP contribution in [0.2, 0.25) is 0 Å². The van der Waals surface area contributed by atoms with E-state index < -0.39 is 0 Å². The van der Waals surface area contributed by atoms with Crippen molar-refractivity contribution in [2.24, 2.45) is 11.8 Å². The molecule has 8 nitrogen and oxygen atoms in total. The van der Waals surface area contributed by atoms with Crippen LogP contribution in [0.15, 0.2) is 53.3 Å². The highest BCUT2D eigenvalue weighted by molar-refractivity contribution is 5.96. The number of carbonyl (C=O) groups excluding carboxylic acids is 3. The number of rotatable bonds is 4. The molecule has 3 aliphatic heterocycles. The SMILES string of the molecule is O=C(NCC(=O)N1CCC(C(=O)N2CC3Cc4cccc(=O)n4C(C3)C2)CC1)c1ccccc1. The monoisotopic (exact) mass is 462 g/mol. The topological polar surface area (TPSA) is 91.7 Å². The highest BCUT2D eigenvalue weighted by Gasteiger charge is 2.38. The molecule has 0 radical (unpaired) electrons.